The normalized spacial score (nSPS) is 14.1. The number of ether oxygens (including phenoxy) is 5. The Kier molecular flexibility index (Phi) is 7.87. The van der Waals surface area contributed by atoms with E-state index in [0.717, 1.165) is 23.3 Å². The van der Waals surface area contributed by atoms with Crippen molar-refractivity contribution in [1.29, 1.82) is 0 Å². The van der Waals surface area contributed by atoms with E-state index in [-0.39, 0.29) is 17.9 Å². The van der Waals surface area contributed by atoms with Crippen LogP contribution in [-0.4, -0.2) is 40.5 Å². The van der Waals surface area contributed by atoms with Crippen molar-refractivity contribution in [2.45, 2.75) is 26.3 Å². The Balaban J connectivity index is 1.77. The lowest BCUT2D eigenvalue weighted by Crippen LogP contribution is -2.30. The van der Waals surface area contributed by atoms with E-state index in [9.17, 15) is 4.79 Å². The van der Waals surface area contributed by atoms with Crippen molar-refractivity contribution in [1.82, 2.24) is 5.32 Å². The molecule has 0 fully saturated rings. The third kappa shape index (κ3) is 5.46. The quantitative estimate of drug-likeness (QED) is 0.612. The van der Waals surface area contributed by atoms with Crippen molar-refractivity contribution >= 4 is 12.0 Å². The molecule has 0 saturated carbocycles. The molecule has 0 aromatic heterocycles. The predicted molar refractivity (Wildman–Crippen MR) is 123 cm³/mol. The van der Waals surface area contributed by atoms with Crippen LogP contribution in [0.3, 0.4) is 0 Å². The van der Waals surface area contributed by atoms with Crippen molar-refractivity contribution in [2.75, 3.05) is 34.5 Å². The van der Waals surface area contributed by atoms with Crippen molar-refractivity contribution in [3.8, 4) is 28.7 Å². The Morgan fingerprint density at radius 2 is 1.62 bits per heavy atom. The highest BCUT2D eigenvalue weighted by Crippen LogP contribution is 2.38. The van der Waals surface area contributed by atoms with Crippen molar-refractivity contribution in [2.24, 2.45) is 5.92 Å². The lowest BCUT2D eigenvalue weighted by molar-refractivity contribution is -0.117. The standard InChI is InChI=1S/C25H31NO6/c1-16(2)24(18-8-9-19-20(15-18)32-12-6-11-31-19)26-23(27)10-7-17-13-21(28-3)25(30-5)22(14-17)29-4/h7-10,13-16,24H,6,11-12H2,1-5H3,(H,26,27). The van der Waals surface area contributed by atoms with Gasteiger partial charge in [0.2, 0.25) is 11.7 Å². The molecule has 0 saturated heterocycles. The lowest BCUT2D eigenvalue weighted by Gasteiger charge is -2.23. The number of carbonyl (C=O) groups is 1. The Labute approximate surface area is 189 Å². The smallest absolute Gasteiger partial charge is 0.244 e. The van der Waals surface area contributed by atoms with E-state index >= 15 is 0 Å². The maximum Gasteiger partial charge on any atom is 0.244 e. The second kappa shape index (κ2) is 10.8. The molecule has 32 heavy (non-hydrogen) atoms. The van der Waals surface area contributed by atoms with Crippen LogP contribution in [0.15, 0.2) is 36.4 Å². The Bertz CT molecular complexity index is 944. The summed E-state index contributed by atoms with van der Waals surface area (Å²) in [6.45, 7) is 5.39. The fourth-order valence-corrected chi connectivity index (χ4v) is 3.58. The van der Waals surface area contributed by atoms with Gasteiger partial charge in [-0.15, -0.1) is 0 Å². The third-order valence-corrected chi connectivity index (χ3v) is 5.21. The average Bonchev–Trinajstić information content (AvgIpc) is 3.05. The highest BCUT2D eigenvalue weighted by molar-refractivity contribution is 5.92. The first-order chi connectivity index (χ1) is 15.5. The summed E-state index contributed by atoms with van der Waals surface area (Å²) >= 11 is 0. The summed E-state index contributed by atoms with van der Waals surface area (Å²) in [5.41, 5.74) is 1.73. The van der Waals surface area contributed by atoms with Crippen molar-refractivity contribution in [3.63, 3.8) is 0 Å². The monoisotopic (exact) mass is 441 g/mol. The number of fused-ring (bicyclic) bond motifs is 1. The number of rotatable bonds is 8. The van der Waals surface area contributed by atoms with Crippen LogP contribution in [0.4, 0.5) is 0 Å². The number of hydrogen-bond acceptors (Lipinski definition) is 6. The van der Waals surface area contributed by atoms with E-state index in [1.165, 1.54) is 6.08 Å². The summed E-state index contributed by atoms with van der Waals surface area (Å²) in [5, 5.41) is 3.10. The Hall–Kier alpha value is -3.35. The molecule has 7 heteroatoms. The van der Waals surface area contributed by atoms with Crippen LogP contribution in [0, 0.1) is 5.92 Å². The Morgan fingerprint density at radius 1 is 0.969 bits per heavy atom. The van der Waals surface area contributed by atoms with Gasteiger partial charge >= 0.3 is 0 Å². The number of nitrogens with one attached hydrogen (secondary N) is 1. The van der Waals surface area contributed by atoms with E-state index in [2.05, 4.69) is 19.2 Å². The molecular formula is C25H31NO6. The van der Waals surface area contributed by atoms with Gasteiger partial charge in [0, 0.05) is 12.5 Å². The number of carbonyl (C=O) groups excluding carboxylic acids is 1. The van der Waals surface area contributed by atoms with Crippen LogP contribution < -0.4 is 29.0 Å². The molecule has 1 aliphatic rings. The van der Waals surface area contributed by atoms with Gasteiger partial charge < -0.3 is 29.0 Å². The number of hydrogen-bond donors (Lipinski definition) is 1. The summed E-state index contributed by atoms with van der Waals surface area (Å²) in [7, 11) is 4.66. The van der Waals surface area contributed by atoms with Gasteiger partial charge in [-0.05, 0) is 47.4 Å². The molecular weight excluding hydrogens is 410 g/mol. The molecule has 1 unspecified atom stereocenters. The van der Waals surface area contributed by atoms with E-state index in [4.69, 9.17) is 23.7 Å². The van der Waals surface area contributed by atoms with Gasteiger partial charge in [-0.2, -0.15) is 0 Å². The maximum atomic E-state index is 12.7. The molecule has 7 nitrogen and oxygen atoms in total. The van der Waals surface area contributed by atoms with Crippen molar-refractivity contribution < 1.29 is 28.5 Å². The van der Waals surface area contributed by atoms with E-state index < -0.39 is 0 Å². The van der Waals surface area contributed by atoms with Gasteiger partial charge in [-0.1, -0.05) is 19.9 Å². The van der Waals surface area contributed by atoms with E-state index in [1.807, 2.05) is 18.2 Å². The molecule has 3 rings (SSSR count). The van der Waals surface area contributed by atoms with Crippen LogP contribution in [0.2, 0.25) is 0 Å². The second-order valence-electron chi connectivity index (χ2n) is 7.78. The van der Waals surface area contributed by atoms with Crippen LogP contribution in [-0.2, 0) is 4.79 Å². The lowest BCUT2D eigenvalue weighted by atomic mass is 9.95. The van der Waals surface area contributed by atoms with Gasteiger partial charge in [-0.25, -0.2) is 0 Å². The van der Waals surface area contributed by atoms with Crippen molar-refractivity contribution in [3.05, 3.63) is 47.5 Å². The minimum absolute atomic E-state index is 0.177. The van der Waals surface area contributed by atoms with Gasteiger partial charge in [0.25, 0.3) is 0 Å². The van der Waals surface area contributed by atoms with Crippen LogP contribution in [0.25, 0.3) is 6.08 Å². The highest BCUT2D eigenvalue weighted by atomic mass is 16.5. The molecule has 0 bridgehead atoms. The van der Waals surface area contributed by atoms with Crippen LogP contribution in [0.5, 0.6) is 28.7 Å². The zero-order valence-electron chi connectivity index (χ0n) is 19.3. The van der Waals surface area contributed by atoms with Gasteiger partial charge in [0.05, 0.1) is 40.6 Å². The number of methoxy groups -OCH3 is 3. The fraction of sp³-hybridized carbons (Fsp3) is 0.400. The van der Waals surface area contributed by atoms with Gasteiger partial charge in [0.15, 0.2) is 23.0 Å². The SMILES string of the molecule is COc1cc(C=CC(=O)NC(c2ccc3c(c2)OCCCO3)C(C)C)cc(OC)c1OC. The van der Waals surface area contributed by atoms with E-state index in [1.54, 1.807) is 39.5 Å². The maximum absolute atomic E-state index is 12.7. The first-order valence-electron chi connectivity index (χ1n) is 10.6. The second-order valence-corrected chi connectivity index (χ2v) is 7.78. The molecule has 1 N–H and O–H groups in total. The van der Waals surface area contributed by atoms with Crippen LogP contribution in [0.1, 0.15) is 37.4 Å². The molecule has 2 aromatic carbocycles. The van der Waals surface area contributed by atoms with E-state index in [0.29, 0.717) is 36.2 Å². The zero-order valence-corrected chi connectivity index (χ0v) is 19.3. The topological polar surface area (TPSA) is 75.3 Å². The summed E-state index contributed by atoms with van der Waals surface area (Å²) in [6.07, 6.45) is 4.06. The third-order valence-electron chi connectivity index (χ3n) is 5.21. The summed E-state index contributed by atoms with van der Waals surface area (Å²) in [4.78, 5) is 12.7. The fourth-order valence-electron chi connectivity index (χ4n) is 3.58. The largest absolute Gasteiger partial charge is 0.493 e. The molecule has 172 valence electrons. The molecule has 0 radical (unpaired) electrons. The zero-order chi connectivity index (χ0) is 23.1. The highest BCUT2D eigenvalue weighted by Gasteiger charge is 2.20. The first kappa shape index (κ1) is 23.3. The number of amides is 1. The minimum Gasteiger partial charge on any atom is -0.493 e. The molecule has 1 atom stereocenters. The summed E-state index contributed by atoms with van der Waals surface area (Å²) < 4.78 is 27.6. The minimum atomic E-state index is -0.204. The molecule has 2 aromatic rings. The molecule has 1 heterocycles. The predicted octanol–water partition coefficient (Wildman–Crippen LogP) is 4.40. The van der Waals surface area contributed by atoms with Crippen LogP contribution >= 0.6 is 0 Å². The number of benzene rings is 2. The molecule has 1 amide bonds. The first-order valence-corrected chi connectivity index (χ1v) is 10.6. The average molecular weight is 442 g/mol. The molecule has 1 aliphatic heterocycles. The summed E-state index contributed by atoms with van der Waals surface area (Å²) in [6, 6.07) is 9.23. The summed E-state index contributed by atoms with van der Waals surface area (Å²) in [5.74, 6) is 2.99. The van der Waals surface area contributed by atoms with Gasteiger partial charge in [0.1, 0.15) is 0 Å². The molecule has 0 spiro atoms. The Morgan fingerprint density at radius 3 is 2.22 bits per heavy atom. The van der Waals surface area contributed by atoms with Gasteiger partial charge in [-0.3, -0.25) is 4.79 Å². The molecule has 0 aliphatic carbocycles.